The summed E-state index contributed by atoms with van der Waals surface area (Å²) in [6, 6.07) is 2.73. The van der Waals surface area contributed by atoms with Gasteiger partial charge in [0, 0.05) is 23.4 Å². The number of carbonyl (C=O) groups excluding carboxylic acids is 1. The number of aryl methyl sites for hydroxylation is 2. The highest BCUT2D eigenvalue weighted by Gasteiger charge is 2.28. The van der Waals surface area contributed by atoms with Crippen LogP contribution in [0, 0.1) is 0 Å². The number of hydroxylamine groups is 1. The number of hydrogen-bond acceptors (Lipinski definition) is 6. The Labute approximate surface area is 149 Å². The highest BCUT2D eigenvalue weighted by atomic mass is 32.2. The van der Waals surface area contributed by atoms with Gasteiger partial charge in [0.25, 0.3) is 5.91 Å². The van der Waals surface area contributed by atoms with E-state index in [0.717, 1.165) is 42.4 Å². The summed E-state index contributed by atoms with van der Waals surface area (Å²) in [7, 11) is -4.20. The number of furan rings is 1. The second-order valence-corrected chi connectivity index (χ2v) is 7.83. The minimum absolute atomic E-state index is 0.155. The molecule has 0 saturated carbocycles. The maximum atomic E-state index is 12.5. The summed E-state index contributed by atoms with van der Waals surface area (Å²) < 4.78 is 32.8. The minimum Gasteiger partial charge on any atom is -0.481 e. The van der Waals surface area contributed by atoms with E-state index >= 15 is 0 Å². The number of fused-ring (bicyclic) bond motifs is 3. The average molecular weight is 382 g/mol. The molecule has 0 radical (unpaired) electrons. The highest BCUT2D eigenvalue weighted by Crippen LogP contribution is 2.33. The van der Waals surface area contributed by atoms with Crippen LogP contribution in [0.4, 0.5) is 0 Å². The van der Waals surface area contributed by atoms with E-state index in [4.69, 9.17) is 14.7 Å². The fourth-order valence-corrected chi connectivity index (χ4v) is 4.32. The van der Waals surface area contributed by atoms with E-state index in [1.54, 1.807) is 6.07 Å². The maximum Gasteiger partial charge on any atom is 0.305 e. The summed E-state index contributed by atoms with van der Waals surface area (Å²) in [6.07, 6.45) is 2.94. The lowest BCUT2D eigenvalue weighted by Crippen LogP contribution is -2.46. The van der Waals surface area contributed by atoms with Crippen LogP contribution >= 0.6 is 0 Å². The van der Waals surface area contributed by atoms with Gasteiger partial charge in [0.1, 0.15) is 17.4 Å². The standard InChI is InChI=1S/C16H18N2O7S/c19-15(20)8-12(16(21)17-22)18-26(23,24)9-5-6-11-10-3-1-2-4-13(10)25-14(11)7-9/h5-7,12,18,22H,1-4,8H2,(H,17,21)(H,19,20). The van der Waals surface area contributed by atoms with E-state index in [-0.39, 0.29) is 4.90 Å². The van der Waals surface area contributed by atoms with E-state index in [1.165, 1.54) is 17.6 Å². The van der Waals surface area contributed by atoms with Gasteiger partial charge in [-0.2, -0.15) is 4.72 Å². The molecule has 1 amide bonds. The molecule has 4 N–H and O–H groups in total. The van der Waals surface area contributed by atoms with Gasteiger partial charge >= 0.3 is 5.97 Å². The second kappa shape index (κ2) is 7.06. The SMILES string of the molecule is O=C(O)CC(NS(=O)(=O)c1ccc2c3c(oc2c1)CCCC3)C(=O)NO. The summed E-state index contributed by atoms with van der Waals surface area (Å²) in [6.45, 7) is 0. The molecular formula is C16H18N2O7S. The summed E-state index contributed by atoms with van der Waals surface area (Å²) >= 11 is 0. The highest BCUT2D eigenvalue weighted by molar-refractivity contribution is 7.89. The number of sulfonamides is 1. The molecule has 1 aromatic heterocycles. The molecule has 1 unspecified atom stereocenters. The van der Waals surface area contributed by atoms with Gasteiger partial charge in [-0.05, 0) is 31.4 Å². The second-order valence-electron chi connectivity index (χ2n) is 6.12. The van der Waals surface area contributed by atoms with Crippen molar-refractivity contribution in [3.63, 3.8) is 0 Å². The van der Waals surface area contributed by atoms with Crippen molar-refractivity contribution in [2.24, 2.45) is 0 Å². The Kier molecular flexibility index (Phi) is 4.99. The minimum atomic E-state index is -4.20. The first-order valence-corrected chi connectivity index (χ1v) is 9.52. The van der Waals surface area contributed by atoms with Crippen LogP contribution in [0.1, 0.15) is 30.6 Å². The van der Waals surface area contributed by atoms with Gasteiger partial charge in [0.2, 0.25) is 10.0 Å². The Morgan fingerprint density at radius 3 is 2.65 bits per heavy atom. The summed E-state index contributed by atoms with van der Waals surface area (Å²) in [5, 5.41) is 18.4. The maximum absolute atomic E-state index is 12.5. The lowest BCUT2D eigenvalue weighted by Gasteiger charge is -2.15. The molecule has 10 heteroatoms. The van der Waals surface area contributed by atoms with Gasteiger partial charge in [0.15, 0.2) is 0 Å². The lowest BCUT2D eigenvalue weighted by molar-refractivity contribution is -0.141. The number of carboxylic acid groups (broad SMARTS) is 1. The van der Waals surface area contributed by atoms with Crippen LogP contribution in [0.25, 0.3) is 11.0 Å². The molecule has 1 aliphatic carbocycles. The molecule has 3 rings (SSSR count). The lowest BCUT2D eigenvalue weighted by atomic mass is 9.96. The number of carbonyl (C=O) groups is 2. The Morgan fingerprint density at radius 2 is 1.96 bits per heavy atom. The van der Waals surface area contributed by atoms with Gasteiger partial charge < -0.3 is 9.52 Å². The van der Waals surface area contributed by atoms with E-state index in [9.17, 15) is 18.0 Å². The van der Waals surface area contributed by atoms with Crippen LogP contribution in [-0.2, 0) is 32.5 Å². The molecule has 1 aliphatic rings. The number of amides is 1. The molecule has 0 saturated heterocycles. The molecule has 0 bridgehead atoms. The fourth-order valence-electron chi connectivity index (χ4n) is 3.11. The normalized spacial score (nSPS) is 15.4. The van der Waals surface area contributed by atoms with Crippen molar-refractivity contribution in [2.45, 2.75) is 43.0 Å². The molecule has 140 valence electrons. The Balaban J connectivity index is 1.93. The Bertz CT molecular complexity index is 964. The number of aliphatic carboxylic acids is 1. The van der Waals surface area contributed by atoms with Gasteiger partial charge in [-0.15, -0.1) is 0 Å². The predicted molar refractivity (Wildman–Crippen MR) is 89.1 cm³/mol. The molecule has 0 fully saturated rings. The van der Waals surface area contributed by atoms with Gasteiger partial charge in [-0.25, -0.2) is 13.9 Å². The van der Waals surface area contributed by atoms with Crippen molar-refractivity contribution in [3.8, 4) is 0 Å². The average Bonchev–Trinajstić information content (AvgIpc) is 2.97. The van der Waals surface area contributed by atoms with E-state index in [0.29, 0.717) is 5.58 Å². The molecule has 1 atom stereocenters. The third-order valence-corrected chi connectivity index (χ3v) is 5.81. The predicted octanol–water partition coefficient (Wildman–Crippen LogP) is 0.939. The molecule has 0 spiro atoms. The van der Waals surface area contributed by atoms with Crippen molar-refractivity contribution < 1.29 is 32.7 Å². The topological polar surface area (TPSA) is 146 Å². The summed E-state index contributed by atoms with van der Waals surface area (Å²) in [5.41, 5.74) is 2.78. The van der Waals surface area contributed by atoms with Crippen molar-refractivity contribution in [3.05, 3.63) is 29.5 Å². The number of carboxylic acids is 1. The van der Waals surface area contributed by atoms with Crippen molar-refractivity contribution in [2.75, 3.05) is 0 Å². The van der Waals surface area contributed by atoms with E-state index < -0.39 is 34.4 Å². The molecule has 1 aromatic carbocycles. The molecule has 2 aromatic rings. The molecule has 1 heterocycles. The first kappa shape index (κ1) is 18.4. The van der Waals surface area contributed by atoms with Crippen LogP contribution in [0.2, 0.25) is 0 Å². The zero-order chi connectivity index (χ0) is 18.9. The van der Waals surface area contributed by atoms with Gasteiger partial charge in [-0.3, -0.25) is 14.8 Å². The van der Waals surface area contributed by atoms with Crippen LogP contribution in [-0.4, -0.2) is 36.6 Å². The van der Waals surface area contributed by atoms with E-state index in [1.807, 2.05) is 4.72 Å². The first-order valence-electron chi connectivity index (χ1n) is 8.04. The first-order chi connectivity index (χ1) is 12.3. The van der Waals surface area contributed by atoms with Crippen LogP contribution in [0.5, 0.6) is 0 Å². The monoisotopic (exact) mass is 382 g/mol. The number of nitrogens with one attached hydrogen (secondary N) is 2. The Morgan fingerprint density at radius 1 is 1.23 bits per heavy atom. The number of benzene rings is 1. The zero-order valence-electron chi connectivity index (χ0n) is 13.7. The van der Waals surface area contributed by atoms with E-state index in [2.05, 4.69) is 0 Å². The molecule has 9 nitrogen and oxygen atoms in total. The largest absolute Gasteiger partial charge is 0.481 e. The van der Waals surface area contributed by atoms with Crippen LogP contribution in [0.15, 0.2) is 27.5 Å². The smallest absolute Gasteiger partial charge is 0.305 e. The Hall–Kier alpha value is -2.43. The fraction of sp³-hybridized carbons (Fsp3) is 0.375. The summed E-state index contributed by atoms with van der Waals surface area (Å²) in [4.78, 5) is 22.2. The van der Waals surface area contributed by atoms with Crippen LogP contribution in [0.3, 0.4) is 0 Å². The van der Waals surface area contributed by atoms with Crippen molar-refractivity contribution in [1.29, 1.82) is 0 Å². The summed E-state index contributed by atoms with van der Waals surface area (Å²) in [5.74, 6) is -1.70. The quantitative estimate of drug-likeness (QED) is 0.429. The van der Waals surface area contributed by atoms with Crippen molar-refractivity contribution in [1.82, 2.24) is 10.2 Å². The van der Waals surface area contributed by atoms with Gasteiger partial charge in [-0.1, -0.05) is 0 Å². The number of rotatable bonds is 6. The van der Waals surface area contributed by atoms with Crippen molar-refractivity contribution >= 4 is 32.9 Å². The molecular weight excluding hydrogens is 364 g/mol. The third kappa shape index (κ3) is 3.57. The third-order valence-electron chi connectivity index (χ3n) is 4.34. The zero-order valence-corrected chi connectivity index (χ0v) is 14.5. The number of hydrogen-bond donors (Lipinski definition) is 4. The molecule has 26 heavy (non-hydrogen) atoms. The van der Waals surface area contributed by atoms with Gasteiger partial charge in [0.05, 0.1) is 11.3 Å². The molecule has 0 aliphatic heterocycles. The van der Waals surface area contributed by atoms with Crippen LogP contribution < -0.4 is 10.2 Å².